The highest BCUT2D eigenvalue weighted by Crippen LogP contribution is 2.37. The first-order valence-electron chi connectivity index (χ1n) is 9.41. The van der Waals surface area contributed by atoms with Crippen LogP contribution >= 0.6 is 0 Å². The zero-order chi connectivity index (χ0) is 20.4. The van der Waals surface area contributed by atoms with Crippen molar-refractivity contribution in [3.8, 4) is 0 Å². The molecule has 6 nitrogen and oxygen atoms in total. The van der Waals surface area contributed by atoms with Gasteiger partial charge >= 0.3 is 6.18 Å². The number of nitrogens with zero attached hydrogens (tertiary/aromatic N) is 3. The Morgan fingerprint density at radius 3 is 2.79 bits per heavy atom. The van der Waals surface area contributed by atoms with E-state index in [9.17, 15) is 18.0 Å². The van der Waals surface area contributed by atoms with E-state index < -0.39 is 17.8 Å². The van der Waals surface area contributed by atoms with E-state index in [2.05, 4.69) is 20.5 Å². The van der Waals surface area contributed by atoms with Crippen LogP contribution in [-0.4, -0.2) is 25.7 Å². The summed E-state index contributed by atoms with van der Waals surface area (Å²) < 4.78 is 40.1. The molecule has 29 heavy (non-hydrogen) atoms. The van der Waals surface area contributed by atoms with Gasteiger partial charge in [0.25, 0.3) is 5.91 Å². The van der Waals surface area contributed by atoms with Crippen molar-refractivity contribution in [1.29, 1.82) is 0 Å². The van der Waals surface area contributed by atoms with E-state index in [1.165, 1.54) is 12.8 Å². The van der Waals surface area contributed by atoms with Gasteiger partial charge in [-0.1, -0.05) is 25.0 Å². The van der Waals surface area contributed by atoms with Gasteiger partial charge < -0.3 is 9.88 Å². The first-order valence-corrected chi connectivity index (χ1v) is 9.41. The van der Waals surface area contributed by atoms with Crippen molar-refractivity contribution in [3.05, 3.63) is 66.0 Å². The Hall–Kier alpha value is -3.10. The summed E-state index contributed by atoms with van der Waals surface area (Å²) >= 11 is 0. The smallest absolute Gasteiger partial charge is 0.330 e. The Labute approximate surface area is 165 Å². The average molecular weight is 403 g/mol. The van der Waals surface area contributed by atoms with Gasteiger partial charge in [0.05, 0.1) is 12.4 Å². The fraction of sp³-hybridized carbons (Fsp3) is 0.350. The van der Waals surface area contributed by atoms with Crippen LogP contribution in [0.3, 0.4) is 0 Å². The fourth-order valence-electron chi connectivity index (χ4n) is 3.35. The summed E-state index contributed by atoms with van der Waals surface area (Å²) in [6.45, 7) is 0. The van der Waals surface area contributed by atoms with Gasteiger partial charge in [-0.2, -0.15) is 18.3 Å². The molecular formula is C20H20F3N5O. The van der Waals surface area contributed by atoms with Gasteiger partial charge in [0.1, 0.15) is 5.69 Å². The molecule has 0 bridgehead atoms. The summed E-state index contributed by atoms with van der Waals surface area (Å²) in [5.41, 5.74) is 0.133. The Bertz CT molecular complexity index is 976. The van der Waals surface area contributed by atoms with Crippen molar-refractivity contribution in [2.24, 2.45) is 5.92 Å². The number of hydrogen-bond acceptors (Lipinski definition) is 3. The van der Waals surface area contributed by atoms with Crippen LogP contribution in [-0.2, 0) is 6.18 Å². The molecule has 1 fully saturated rings. The topological polar surface area (TPSA) is 75.6 Å². The molecular weight excluding hydrogens is 383 g/mol. The molecule has 1 aromatic carbocycles. The minimum absolute atomic E-state index is 0.0824. The van der Waals surface area contributed by atoms with E-state index >= 15 is 0 Å². The SMILES string of the molecule is O=C(Nc1cccc(C(CCC2CC2)n2ccnc2)c1)c1cc(C(F)(F)F)n[nH]1. The minimum atomic E-state index is -4.60. The van der Waals surface area contributed by atoms with E-state index in [1.54, 1.807) is 18.6 Å². The predicted octanol–water partition coefficient (Wildman–Crippen LogP) is 4.66. The van der Waals surface area contributed by atoms with Crippen LogP contribution in [0.1, 0.15) is 53.5 Å². The van der Waals surface area contributed by atoms with E-state index in [1.807, 2.05) is 29.0 Å². The van der Waals surface area contributed by atoms with Crippen LogP contribution in [0.4, 0.5) is 18.9 Å². The van der Waals surface area contributed by atoms with Crippen LogP contribution in [0, 0.1) is 5.92 Å². The second-order valence-corrected chi connectivity index (χ2v) is 7.29. The number of benzene rings is 1. The molecule has 4 rings (SSSR count). The number of alkyl halides is 3. The van der Waals surface area contributed by atoms with Crippen LogP contribution in [0.2, 0.25) is 0 Å². The van der Waals surface area contributed by atoms with Crippen LogP contribution < -0.4 is 5.32 Å². The molecule has 1 atom stereocenters. The molecule has 1 saturated carbocycles. The summed E-state index contributed by atoms with van der Waals surface area (Å²) in [6, 6.07) is 8.12. The predicted molar refractivity (Wildman–Crippen MR) is 100 cm³/mol. The molecule has 1 aliphatic rings. The maximum atomic E-state index is 12.7. The first kappa shape index (κ1) is 19.2. The number of carbonyl (C=O) groups excluding carboxylic acids is 1. The molecule has 0 spiro atoms. The molecule has 0 saturated heterocycles. The maximum absolute atomic E-state index is 12.7. The number of amides is 1. The highest BCUT2D eigenvalue weighted by atomic mass is 19.4. The maximum Gasteiger partial charge on any atom is 0.435 e. The van der Waals surface area contributed by atoms with Gasteiger partial charge in [-0.05, 0) is 36.5 Å². The second kappa shape index (κ2) is 7.73. The lowest BCUT2D eigenvalue weighted by atomic mass is 9.99. The third-order valence-electron chi connectivity index (χ3n) is 5.07. The van der Waals surface area contributed by atoms with Crippen molar-refractivity contribution >= 4 is 11.6 Å². The fourth-order valence-corrected chi connectivity index (χ4v) is 3.35. The van der Waals surface area contributed by atoms with Gasteiger partial charge in [-0.15, -0.1) is 0 Å². The number of H-pyrrole nitrogens is 1. The number of halogens is 3. The highest BCUT2D eigenvalue weighted by molar-refractivity contribution is 6.02. The summed E-state index contributed by atoms with van der Waals surface area (Å²) in [6.07, 6.45) is 5.42. The molecule has 0 radical (unpaired) electrons. The Balaban J connectivity index is 1.51. The molecule has 1 unspecified atom stereocenters. The number of nitrogens with one attached hydrogen (secondary N) is 2. The van der Waals surface area contributed by atoms with E-state index in [0.29, 0.717) is 11.8 Å². The number of rotatable bonds is 7. The molecule has 2 N–H and O–H groups in total. The summed E-state index contributed by atoms with van der Waals surface area (Å²) in [5.74, 6) is 0.106. The third kappa shape index (κ3) is 4.67. The van der Waals surface area contributed by atoms with Crippen molar-refractivity contribution in [3.63, 3.8) is 0 Å². The lowest BCUT2D eigenvalue weighted by molar-refractivity contribution is -0.141. The van der Waals surface area contributed by atoms with E-state index in [4.69, 9.17) is 0 Å². The molecule has 0 aliphatic heterocycles. The molecule has 2 heterocycles. The Morgan fingerprint density at radius 1 is 1.31 bits per heavy atom. The van der Waals surface area contributed by atoms with Crippen molar-refractivity contribution in [2.75, 3.05) is 5.32 Å². The lowest BCUT2D eigenvalue weighted by Gasteiger charge is -2.20. The second-order valence-electron chi connectivity index (χ2n) is 7.29. The van der Waals surface area contributed by atoms with Gasteiger partial charge in [-0.25, -0.2) is 4.98 Å². The average Bonchev–Trinajstić information content (AvgIpc) is 3.14. The van der Waals surface area contributed by atoms with Gasteiger partial charge in [0.15, 0.2) is 5.69 Å². The normalized spacial score (nSPS) is 15.3. The van der Waals surface area contributed by atoms with Crippen molar-refractivity contribution in [2.45, 2.75) is 37.9 Å². The number of anilines is 1. The van der Waals surface area contributed by atoms with Crippen molar-refractivity contribution < 1.29 is 18.0 Å². The Kier molecular flexibility index (Phi) is 5.12. The summed E-state index contributed by atoms with van der Waals surface area (Å²) in [4.78, 5) is 16.5. The molecule has 1 aliphatic carbocycles. The summed E-state index contributed by atoms with van der Waals surface area (Å²) in [5, 5.41) is 7.93. The third-order valence-corrected chi connectivity index (χ3v) is 5.07. The molecule has 3 aromatic rings. The standard InChI is InChI=1S/C20H20F3N5O/c21-20(22,23)18-11-16(26-27-18)19(29)25-15-3-1-2-14(10-15)17(7-6-13-4-5-13)28-9-8-24-12-28/h1-3,8-13,17H,4-7H2,(H,25,29)(H,26,27). The number of carbonyl (C=O) groups is 1. The highest BCUT2D eigenvalue weighted by Gasteiger charge is 2.34. The largest absolute Gasteiger partial charge is 0.435 e. The monoisotopic (exact) mass is 403 g/mol. The first-order chi connectivity index (χ1) is 13.9. The Morgan fingerprint density at radius 2 is 2.14 bits per heavy atom. The molecule has 9 heteroatoms. The lowest BCUT2D eigenvalue weighted by Crippen LogP contribution is -2.14. The van der Waals surface area contributed by atoms with Crippen LogP contribution in [0.25, 0.3) is 0 Å². The number of aromatic nitrogens is 4. The van der Waals surface area contributed by atoms with Gasteiger partial charge in [-0.3, -0.25) is 9.89 Å². The van der Waals surface area contributed by atoms with Crippen LogP contribution in [0.5, 0.6) is 0 Å². The molecule has 1 amide bonds. The molecule has 152 valence electrons. The van der Waals surface area contributed by atoms with E-state index in [-0.39, 0.29) is 11.7 Å². The molecule has 2 aromatic heterocycles. The quantitative estimate of drug-likeness (QED) is 0.603. The number of imidazole rings is 1. The summed E-state index contributed by atoms with van der Waals surface area (Å²) in [7, 11) is 0. The number of aromatic amines is 1. The van der Waals surface area contributed by atoms with Gasteiger partial charge in [0.2, 0.25) is 0 Å². The van der Waals surface area contributed by atoms with Crippen LogP contribution in [0.15, 0.2) is 49.1 Å². The minimum Gasteiger partial charge on any atom is -0.330 e. The van der Waals surface area contributed by atoms with Crippen molar-refractivity contribution in [1.82, 2.24) is 19.7 Å². The van der Waals surface area contributed by atoms with Gasteiger partial charge in [0, 0.05) is 24.1 Å². The van der Waals surface area contributed by atoms with E-state index in [0.717, 1.165) is 24.3 Å². The zero-order valence-corrected chi connectivity index (χ0v) is 15.5. The zero-order valence-electron chi connectivity index (χ0n) is 15.5. The number of hydrogen-bond donors (Lipinski definition) is 2.